The van der Waals surface area contributed by atoms with Gasteiger partial charge in [0.05, 0.1) is 16.3 Å². The van der Waals surface area contributed by atoms with E-state index in [2.05, 4.69) is 9.97 Å². The van der Waals surface area contributed by atoms with Gasteiger partial charge in [-0.15, -0.1) is 0 Å². The molecule has 3 rings (SSSR count). The summed E-state index contributed by atoms with van der Waals surface area (Å²) >= 11 is 0. The zero-order valence-corrected chi connectivity index (χ0v) is 14.2. The summed E-state index contributed by atoms with van der Waals surface area (Å²) in [5.74, 6) is -1.42. The van der Waals surface area contributed by atoms with Crippen LogP contribution in [-0.2, 0) is 16.0 Å². The molecule has 0 unspecified atom stereocenters. The van der Waals surface area contributed by atoms with Crippen LogP contribution >= 0.6 is 0 Å². The van der Waals surface area contributed by atoms with E-state index in [-0.39, 0.29) is 33.2 Å². The zero-order valence-electron chi connectivity index (χ0n) is 13.4. The molecule has 0 saturated heterocycles. The second-order valence-corrected chi connectivity index (χ2v) is 7.64. The summed E-state index contributed by atoms with van der Waals surface area (Å²) in [4.78, 5) is 5.87. The molecule has 1 aromatic heterocycles. The van der Waals surface area contributed by atoms with Crippen LogP contribution in [0, 0.1) is 0 Å². The lowest BCUT2D eigenvalue weighted by Crippen LogP contribution is -2.07. The number of imidazole rings is 1. The molecule has 0 aliphatic heterocycles. The van der Waals surface area contributed by atoms with E-state index in [0.29, 0.717) is 0 Å². The van der Waals surface area contributed by atoms with Crippen molar-refractivity contribution in [3.05, 3.63) is 54.4 Å². The molecule has 136 valence electrons. The smallest absolute Gasteiger partial charge is 0.449 e. The Morgan fingerprint density at radius 1 is 1.04 bits per heavy atom. The summed E-state index contributed by atoms with van der Waals surface area (Å²) in [6, 6.07) is 11.2. The second kappa shape index (κ2) is 6.17. The second-order valence-electron chi connectivity index (χ2n) is 5.62. The van der Waals surface area contributed by atoms with Gasteiger partial charge >= 0.3 is 6.18 Å². The number of aromatic nitrogens is 2. The first-order valence-electron chi connectivity index (χ1n) is 7.33. The van der Waals surface area contributed by atoms with Gasteiger partial charge in [-0.2, -0.15) is 13.2 Å². The predicted octanol–water partition coefficient (Wildman–Crippen LogP) is 3.87. The van der Waals surface area contributed by atoms with Crippen molar-refractivity contribution >= 4 is 9.84 Å². The molecule has 0 saturated carbocycles. The summed E-state index contributed by atoms with van der Waals surface area (Å²) in [7, 11) is -3.44. The predicted molar refractivity (Wildman–Crippen MR) is 89.2 cm³/mol. The normalized spacial score (nSPS) is 12.3. The van der Waals surface area contributed by atoms with Gasteiger partial charge < -0.3 is 10.1 Å². The Hall–Kier alpha value is -2.81. The number of aromatic hydroxyl groups is 1. The largest absolute Gasteiger partial charge is 0.507 e. The minimum atomic E-state index is -4.70. The molecule has 0 aliphatic carbocycles. The van der Waals surface area contributed by atoms with Crippen molar-refractivity contribution in [2.24, 2.45) is 0 Å². The number of nitrogens with zero attached hydrogens (tertiary/aromatic N) is 1. The fourth-order valence-electron chi connectivity index (χ4n) is 2.46. The molecule has 9 heteroatoms. The lowest BCUT2D eigenvalue weighted by Gasteiger charge is -2.06. The molecular formula is C17H13F3N2O3S. The average Bonchev–Trinajstić information content (AvgIpc) is 3.00. The number of halogens is 3. The molecular weight excluding hydrogens is 369 g/mol. The minimum Gasteiger partial charge on any atom is -0.507 e. The van der Waals surface area contributed by atoms with Gasteiger partial charge in [0.1, 0.15) is 5.75 Å². The van der Waals surface area contributed by atoms with Gasteiger partial charge in [-0.05, 0) is 24.3 Å². The number of benzene rings is 2. The first-order chi connectivity index (χ1) is 12.1. The van der Waals surface area contributed by atoms with Gasteiger partial charge in [0.25, 0.3) is 0 Å². The molecule has 0 fully saturated rings. The number of para-hydroxylation sites is 1. The summed E-state index contributed by atoms with van der Waals surface area (Å²) in [5, 5.41) is 9.99. The maximum absolute atomic E-state index is 13.1. The van der Waals surface area contributed by atoms with E-state index in [1.54, 1.807) is 12.1 Å². The molecule has 0 atom stereocenters. The van der Waals surface area contributed by atoms with Crippen LogP contribution in [0.4, 0.5) is 13.2 Å². The minimum absolute atomic E-state index is 0.0115. The van der Waals surface area contributed by atoms with Crippen molar-refractivity contribution in [1.82, 2.24) is 9.97 Å². The fourth-order valence-corrected chi connectivity index (χ4v) is 3.09. The average molecular weight is 382 g/mol. The third-order valence-electron chi connectivity index (χ3n) is 3.70. The first-order valence-corrected chi connectivity index (χ1v) is 9.22. The number of aromatic amines is 1. The number of hydrogen-bond acceptors (Lipinski definition) is 4. The first kappa shape index (κ1) is 18.0. The Labute approximate surface area is 147 Å². The van der Waals surface area contributed by atoms with Gasteiger partial charge in [-0.1, -0.05) is 24.3 Å². The monoisotopic (exact) mass is 382 g/mol. The summed E-state index contributed by atoms with van der Waals surface area (Å²) in [5.41, 5.74) is 0.376. The lowest BCUT2D eigenvalue weighted by atomic mass is 10.0. The lowest BCUT2D eigenvalue weighted by molar-refractivity contribution is -0.144. The topological polar surface area (TPSA) is 83.0 Å². The summed E-state index contributed by atoms with van der Waals surface area (Å²) in [6.45, 7) is 0. The Bertz CT molecular complexity index is 1060. The van der Waals surface area contributed by atoms with Gasteiger partial charge in [-0.3, -0.25) is 0 Å². The maximum Gasteiger partial charge on any atom is 0.449 e. The number of hydrogen-bond donors (Lipinski definition) is 2. The molecule has 1 heterocycles. The van der Waals surface area contributed by atoms with Gasteiger partial charge in [0.15, 0.2) is 9.84 Å². The SMILES string of the molecule is CS(=O)(=O)c1ccc(-c2nc(C(F)(F)F)[nH]c2-c2ccccc2O)cc1. The van der Waals surface area contributed by atoms with Crippen LogP contribution in [0.15, 0.2) is 53.4 Å². The van der Waals surface area contributed by atoms with Gasteiger partial charge in [-0.25, -0.2) is 13.4 Å². The summed E-state index contributed by atoms with van der Waals surface area (Å²) < 4.78 is 62.4. The number of phenolic OH excluding ortho intramolecular Hbond substituents is 1. The number of phenols is 1. The van der Waals surface area contributed by atoms with Crippen LogP contribution in [0.3, 0.4) is 0 Å². The molecule has 0 radical (unpaired) electrons. The van der Waals surface area contributed by atoms with Crippen molar-refractivity contribution in [2.75, 3.05) is 6.26 Å². The van der Waals surface area contributed by atoms with Gasteiger partial charge in [0.2, 0.25) is 5.82 Å². The molecule has 2 N–H and O–H groups in total. The van der Waals surface area contributed by atoms with E-state index in [1.165, 1.54) is 36.4 Å². The molecule has 26 heavy (non-hydrogen) atoms. The Kier molecular flexibility index (Phi) is 4.27. The highest BCUT2D eigenvalue weighted by Crippen LogP contribution is 2.38. The quantitative estimate of drug-likeness (QED) is 0.720. The standard InChI is InChI=1S/C17H13F3N2O3S/c1-26(24,25)11-8-6-10(7-9-11)14-15(12-4-2-3-5-13(12)23)22-16(21-14)17(18,19)20/h2-9,23H,1H3,(H,21,22). The van der Waals surface area contributed by atoms with Crippen molar-refractivity contribution in [2.45, 2.75) is 11.1 Å². The van der Waals surface area contributed by atoms with Crippen LogP contribution in [0.1, 0.15) is 5.82 Å². The highest BCUT2D eigenvalue weighted by Gasteiger charge is 2.36. The van der Waals surface area contributed by atoms with E-state index < -0.39 is 21.8 Å². The van der Waals surface area contributed by atoms with Gasteiger partial charge in [0, 0.05) is 17.4 Å². The van der Waals surface area contributed by atoms with E-state index in [0.717, 1.165) is 6.26 Å². The number of nitrogens with one attached hydrogen (secondary N) is 1. The van der Waals surface area contributed by atoms with Crippen LogP contribution in [0.2, 0.25) is 0 Å². The Balaban J connectivity index is 2.20. The summed E-state index contributed by atoms with van der Waals surface area (Å²) in [6.07, 6.45) is -3.67. The molecule has 0 amide bonds. The Morgan fingerprint density at radius 3 is 2.19 bits per heavy atom. The zero-order chi connectivity index (χ0) is 19.1. The molecule has 0 bridgehead atoms. The number of alkyl halides is 3. The van der Waals surface area contributed by atoms with E-state index in [9.17, 15) is 26.7 Å². The third kappa shape index (κ3) is 3.43. The highest BCUT2D eigenvalue weighted by molar-refractivity contribution is 7.90. The van der Waals surface area contributed by atoms with Crippen molar-refractivity contribution < 1.29 is 26.7 Å². The molecule has 5 nitrogen and oxygen atoms in total. The van der Waals surface area contributed by atoms with Crippen LogP contribution < -0.4 is 0 Å². The fraction of sp³-hybridized carbons (Fsp3) is 0.118. The van der Waals surface area contributed by atoms with Crippen LogP contribution in [-0.4, -0.2) is 29.7 Å². The molecule has 3 aromatic rings. The number of sulfone groups is 1. The van der Waals surface area contributed by atoms with Crippen molar-refractivity contribution in [1.29, 1.82) is 0 Å². The third-order valence-corrected chi connectivity index (χ3v) is 4.83. The van der Waals surface area contributed by atoms with Crippen molar-refractivity contribution in [3.63, 3.8) is 0 Å². The van der Waals surface area contributed by atoms with Crippen LogP contribution in [0.5, 0.6) is 5.75 Å². The number of rotatable bonds is 3. The molecule has 0 spiro atoms. The van der Waals surface area contributed by atoms with E-state index in [4.69, 9.17) is 0 Å². The van der Waals surface area contributed by atoms with Crippen molar-refractivity contribution in [3.8, 4) is 28.3 Å². The Morgan fingerprint density at radius 2 is 1.65 bits per heavy atom. The maximum atomic E-state index is 13.1. The van der Waals surface area contributed by atoms with E-state index in [1.807, 2.05) is 0 Å². The molecule has 2 aromatic carbocycles. The molecule has 0 aliphatic rings. The highest BCUT2D eigenvalue weighted by atomic mass is 32.2. The van der Waals surface area contributed by atoms with Crippen LogP contribution in [0.25, 0.3) is 22.5 Å². The number of H-pyrrole nitrogens is 1. The van der Waals surface area contributed by atoms with E-state index >= 15 is 0 Å².